The Morgan fingerprint density at radius 2 is 1.65 bits per heavy atom. The zero-order chi connectivity index (χ0) is 26.0. The number of nitriles is 1. The summed E-state index contributed by atoms with van der Waals surface area (Å²) in [6, 6.07) is 26.3. The van der Waals surface area contributed by atoms with Gasteiger partial charge in [0.25, 0.3) is 5.91 Å². The van der Waals surface area contributed by atoms with Crippen LogP contribution < -0.4 is 14.8 Å². The van der Waals surface area contributed by atoms with E-state index in [4.69, 9.17) is 14.6 Å². The molecule has 0 aliphatic carbocycles. The summed E-state index contributed by atoms with van der Waals surface area (Å²) in [5.74, 6) is 0.978. The summed E-state index contributed by atoms with van der Waals surface area (Å²) in [5, 5.41) is 17.4. The Hall–Kier alpha value is -4.83. The molecular formula is C30H28N4O3. The van der Waals surface area contributed by atoms with Crippen molar-refractivity contribution < 1.29 is 14.3 Å². The molecule has 0 radical (unpaired) electrons. The van der Waals surface area contributed by atoms with Crippen LogP contribution in [0.2, 0.25) is 0 Å². The van der Waals surface area contributed by atoms with E-state index in [2.05, 4.69) is 12.2 Å². The van der Waals surface area contributed by atoms with Crippen LogP contribution in [0.5, 0.6) is 11.5 Å². The lowest BCUT2D eigenvalue weighted by molar-refractivity contribution is -0.112. The lowest BCUT2D eigenvalue weighted by Gasteiger charge is -2.07. The van der Waals surface area contributed by atoms with Gasteiger partial charge in [0, 0.05) is 23.0 Å². The van der Waals surface area contributed by atoms with E-state index in [0.717, 1.165) is 23.4 Å². The molecule has 1 amide bonds. The van der Waals surface area contributed by atoms with Crippen LogP contribution in [0.3, 0.4) is 0 Å². The molecule has 0 spiro atoms. The molecule has 0 aliphatic heterocycles. The van der Waals surface area contributed by atoms with Gasteiger partial charge < -0.3 is 14.8 Å². The number of para-hydroxylation sites is 1. The van der Waals surface area contributed by atoms with Crippen molar-refractivity contribution in [3.05, 3.63) is 96.2 Å². The first-order valence-corrected chi connectivity index (χ1v) is 12.2. The molecule has 1 N–H and O–H groups in total. The van der Waals surface area contributed by atoms with Gasteiger partial charge in [-0.2, -0.15) is 10.4 Å². The van der Waals surface area contributed by atoms with Gasteiger partial charge in [-0.15, -0.1) is 0 Å². The number of nitrogens with one attached hydrogen (secondary N) is 1. The fourth-order valence-corrected chi connectivity index (χ4v) is 3.66. The molecule has 0 unspecified atom stereocenters. The number of hydrogen-bond donors (Lipinski definition) is 1. The zero-order valence-electron chi connectivity index (χ0n) is 20.8. The lowest BCUT2D eigenvalue weighted by Crippen LogP contribution is -2.13. The third-order valence-electron chi connectivity index (χ3n) is 5.45. The second-order valence-electron chi connectivity index (χ2n) is 8.17. The third-order valence-corrected chi connectivity index (χ3v) is 5.45. The first-order chi connectivity index (χ1) is 18.1. The van der Waals surface area contributed by atoms with Crippen LogP contribution in [0.25, 0.3) is 23.0 Å². The maximum atomic E-state index is 13.0. The number of rotatable bonds is 10. The van der Waals surface area contributed by atoms with Crippen LogP contribution in [0.4, 0.5) is 5.69 Å². The van der Waals surface area contributed by atoms with Crippen LogP contribution >= 0.6 is 0 Å². The van der Waals surface area contributed by atoms with E-state index in [-0.39, 0.29) is 5.57 Å². The number of nitrogens with zero attached hydrogens (tertiary/aromatic N) is 3. The van der Waals surface area contributed by atoms with Crippen LogP contribution in [0.15, 0.2) is 90.6 Å². The van der Waals surface area contributed by atoms with Gasteiger partial charge in [-0.1, -0.05) is 25.1 Å². The normalized spacial score (nSPS) is 11.0. The van der Waals surface area contributed by atoms with Gasteiger partial charge >= 0.3 is 0 Å². The van der Waals surface area contributed by atoms with E-state index in [9.17, 15) is 10.1 Å². The highest BCUT2D eigenvalue weighted by atomic mass is 16.5. The standard InChI is InChI=1S/C30H28N4O3/c1-3-18-37-28-14-10-22(11-15-28)29-24(21-34(33-29)26-8-6-5-7-9-26)19-23(20-31)30(35)32-25-12-16-27(17-13-25)36-4-2/h5-17,19,21H,3-4,18H2,1-2H3,(H,32,35)/b23-19+. The van der Waals surface area contributed by atoms with E-state index in [0.29, 0.717) is 35.9 Å². The lowest BCUT2D eigenvalue weighted by atomic mass is 10.1. The smallest absolute Gasteiger partial charge is 0.266 e. The zero-order valence-corrected chi connectivity index (χ0v) is 20.8. The van der Waals surface area contributed by atoms with Crippen LogP contribution in [-0.4, -0.2) is 28.9 Å². The Labute approximate surface area is 216 Å². The summed E-state index contributed by atoms with van der Waals surface area (Å²) in [5.41, 5.74) is 3.53. The number of ether oxygens (including phenoxy) is 2. The predicted molar refractivity (Wildman–Crippen MR) is 145 cm³/mol. The van der Waals surface area contributed by atoms with Crippen LogP contribution in [-0.2, 0) is 4.79 Å². The molecule has 37 heavy (non-hydrogen) atoms. The fourth-order valence-electron chi connectivity index (χ4n) is 3.66. The van der Waals surface area contributed by atoms with E-state index >= 15 is 0 Å². The molecule has 0 fully saturated rings. The summed E-state index contributed by atoms with van der Waals surface area (Å²) in [6.07, 6.45) is 4.30. The predicted octanol–water partition coefficient (Wildman–Crippen LogP) is 6.27. The highest BCUT2D eigenvalue weighted by molar-refractivity contribution is 6.10. The summed E-state index contributed by atoms with van der Waals surface area (Å²) >= 11 is 0. The SMILES string of the molecule is CCCOc1ccc(-c2nn(-c3ccccc3)cc2/C=C(\C#N)C(=O)Nc2ccc(OCC)cc2)cc1. The molecular weight excluding hydrogens is 464 g/mol. The largest absolute Gasteiger partial charge is 0.494 e. The van der Waals surface area contributed by atoms with Gasteiger partial charge in [-0.05, 0) is 80.1 Å². The molecule has 0 saturated carbocycles. The Morgan fingerprint density at radius 3 is 2.30 bits per heavy atom. The van der Waals surface area contributed by atoms with E-state index in [1.807, 2.05) is 73.8 Å². The summed E-state index contributed by atoms with van der Waals surface area (Å²) in [7, 11) is 0. The van der Waals surface area contributed by atoms with Gasteiger partial charge in [0.15, 0.2) is 0 Å². The number of hydrogen-bond acceptors (Lipinski definition) is 5. The Balaban J connectivity index is 1.66. The minimum atomic E-state index is -0.506. The summed E-state index contributed by atoms with van der Waals surface area (Å²) < 4.78 is 12.9. The minimum absolute atomic E-state index is 0.0364. The molecule has 1 heterocycles. The minimum Gasteiger partial charge on any atom is -0.494 e. The van der Waals surface area contributed by atoms with Gasteiger partial charge in [0.05, 0.1) is 24.6 Å². The first-order valence-electron chi connectivity index (χ1n) is 12.2. The van der Waals surface area contributed by atoms with E-state index < -0.39 is 5.91 Å². The first kappa shape index (κ1) is 25.3. The molecule has 4 aromatic rings. The van der Waals surface area contributed by atoms with Crippen molar-refractivity contribution in [2.75, 3.05) is 18.5 Å². The number of benzene rings is 3. The Morgan fingerprint density at radius 1 is 0.973 bits per heavy atom. The topological polar surface area (TPSA) is 89.2 Å². The monoisotopic (exact) mass is 492 g/mol. The van der Waals surface area contributed by atoms with Crippen molar-refractivity contribution in [3.8, 4) is 34.5 Å². The van der Waals surface area contributed by atoms with Crippen LogP contribution in [0.1, 0.15) is 25.8 Å². The van der Waals surface area contributed by atoms with Crippen molar-refractivity contribution >= 4 is 17.7 Å². The molecule has 7 heteroatoms. The fraction of sp³-hybridized carbons (Fsp3) is 0.167. The quantitative estimate of drug-likeness (QED) is 0.208. The second kappa shape index (κ2) is 12.2. The number of aromatic nitrogens is 2. The van der Waals surface area contributed by atoms with Crippen molar-refractivity contribution in [3.63, 3.8) is 0 Å². The maximum Gasteiger partial charge on any atom is 0.266 e. The van der Waals surface area contributed by atoms with E-state index in [1.54, 1.807) is 35.0 Å². The molecule has 0 aliphatic rings. The van der Waals surface area contributed by atoms with E-state index in [1.165, 1.54) is 0 Å². The van der Waals surface area contributed by atoms with Gasteiger partial charge in [-0.3, -0.25) is 4.79 Å². The number of amides is 1. The van der Waals surface area contributed by atoms with Gasteiger partial charge in [-0.25, -0.2) is 4.68 Å². The summed E-state index contributed by atoms with van der Waals surface area (Å²) in [4.78, 5) is 13.0. The number of anilines is 1. The van der Waals surface area contributed by atoms with Gasteiger partial charge in [0.2, 0.25) is 0 Å². The molecule has 186 valence electrons. The molecule has 0 bridgehead atoms. The average molecular weight is 493 g/mol. The van der Waals surface area contributed by atoms with Crippen molar-refractivity contribution in [2.45, 2.75) is 20.3 Å². The third kappa shape index (κ3) is 6.44. The summed E-state index contributed by atoms with van der Waals surface area (Å²) in [6.45, 7) is 5.16. The van der Waals surface area contributed by atoms with Crippen LogP contribution in [0, 0.1) is 11.3 Å². The molecule has 1 aromatic heterocycles. The van der Waals surface area contributed by atoms with Crippen molar-refractivity contribution in [1.82, 2.24) is 9.78 Å². The average Bonchev–Trinajstić information content (AvgIpc) is 3.36. The maximum absolute atomic E-state index is 13.0. The molecule has 3 aromatic carbocycles. The molecule has 7 nitrogen and oxygen atoms in total. The molecule has 0 saturated heterocycles. The van der Waals surface area contributed by atoms with Crippen molar-refractivity contribution in [1.29, 1.82) is 5.26 Å². The Kier molecular flexibility index (Phi) is 8.35. The number of carbonyl (C=O) groups excluding carboxylic acids is 1. The molecule has 0 atom stereocenters. The Bertz CT molecular complexity index is 1400. The van der Waals surface area contributed by atoms with Crippen molar-refractivity contribution in [2.24, 2.45) is 0 Å². The number of carbonyl (C=O) groups is 1. The second-order valence-corrected chi connectivity index (χ2v) is 8.17. The van der Waals surface area contributed by atoms with Gasteiger partial charge in [0.1, 0.15) is 23.1 Å². The highest BCUT2D eigenvalue weighted by Crippen LogP contribution is 2.28. The highest BCUT2D eigenvalue weighted by Gasteiger charge is 2.16. The molecule has 4 rings (SSSR count).